The molecular formula is C30H32N4O5. The number of piperidine rings is 1. The SMILES string of the molecule is Cc1ccc2oc(C3CCN(c4c(C#N)c(=O)n(C)c5cc(OCC(=O)OC(C)(C)C)ccc45)CC3)nc2c1. The van der Waals surface area contributed by atoms with Crippen molar-refractivity contribution in [2.24, 2.45) is 7.05 Å². The van der Waals surface area contributed by atoms with Crippen molar-refractivity contribution in [2.45, 2.75) is 52.1 Å². The van der Waals surface area contributed by atoms with Crippen LogP contribution in [0.2, 0.25) is 0 Å². The van der Waals surface area contributed by atoms with E-state index in [4.69, 9.17) is 18.9 Å². The third kappa shape index (κ3) is 5.32. The molecule has 1 fully saturated rings. The van der Waals surface area contributed by atoms with Gasteiger partial charge >= 0.3 is 5.97 Å². The van der Waals surface area contributed by atoms with Crippen LogP contribution in [0.4, 0.5) is 5.69 Å². The lowest BCUT2D eigenvalue weighted by Gasteiger charge is -2.33. The fourth-order valence-electron chi connectivity index (χ4n) is 5.11. The minimum atomic E-state index is -0.608. The summed E-state index contributed by atoms with van der Waals surface area (Å²) in [6.07, 6.45) is 1.56. The highest BCUT2D eigenvalue weighted by Crippen LogP contribution is 2.36. The van der Waals surface area contributed by atoms with Crippen LogP contribution in [0.25, 0.3) is 22.0 Å². The molecule has 9 nitrogen and oxygen atoms in total. The van der Waals surface area contributed by atoms with Gasteiger partial charge in [0.05, 0.1) is 11.2 Å². The first-order chi connectivity index (χ1) is 18.5. The molecule has 1 aliphatic rings. The highest BCUT2D eigenvalue weighted by Gasteiger charge is 2.28. The second-order valence-electron chi connectivity index (χ2n) is 11.0. The van der Waals surface area contributed by atoms with Gasteiger partial charge in [0, 0.05) is 37.5 Å². The predicted molar refractivity (Wildman–Crippen MR) is 148 cm³/mol. The van der Waals surface area contributed by atoms with Crippen molar-refractivity contribution >= 4 is 33.7 Å². The lowest BCUT2D eigenvalue weighted by Crippen LogP contribution is -2.35. The van der Waals surface area contributed by atoms with Gasteiger partial charge < -0.3 is 23.4 Å². The van der Waals surface area contributed by atoms with Crippen LogP contribution >= 0.6 is 0 Å². The number of carbonyl (C=O) groups is 1. The smallest absolute Gasteiger partial charge is 0.344 e. The van der Waals surface area contributed by atoms with Gasteiger partial charge in [-0.15, -0.1) is 0 Å². The van der Waals surface area contributed by atoms with E-state index in [0.29, 0.717) is 30.0 Å². The monoisotopic (exact) mass is 528 g/mol. The Hall–Kier alpha value is -4.32. The van der Waals surface area contributed by atoms with Crippen LogP contribution in [0.1, 0.15) is 56.5 Å². The lowest BCUT2D eigenvalue weighted by molar-refractivity contribution is -0.157. The van der Waals surface area contributed by atoms with Crippen LogP contribution in [0.5, 0.6) is 5.75 Å². The summed E-state index contributed by atoms with van der Waals surface area (Å²) in [6.45, 7) is 8.46. The summed E-state index contributed by atoms with van der Waals surface area (Å²) in [5.41, 5.74) is 3.16. The number of rotatable bonds is 5. The van der Waals surface area contributed by atoms with Crippen molar-refractivity contribution in [2.75, 3.05) is 24.6 Å². The number of anilines is 1. The minimum absolute atomic E-state index is 0.114. The van der Waals surface area contributed by atoms with Gasteiger partial charge in [0.15, 0.2) is 18.1 Å². The summed E-state index contributed by atoms with van der Waals surface area (Å²) in [5.74, 6) is 0.847. The van der Waals surface area contributed by atoms with Crippen molar-refractivity contribution < 1.29 is 18.7 Å². The van der Waals surface area contributed by atoms with Gasteiger partial charge in [-0.3, -0.25) is 4.79 Å². The Morgan fingerprint density at radius 1 is 1.18 bits per heavy atom. The Bertz CT molecular complexity index is 1660. The number of nitrogens with zero attached hydrogens (tertiary/aromatic N) is 4. The number of oxazole rings is 1. The number of carbonyl (C=O) groups excluding carboxylic acids is 1. The Morgan fingerprint density at radius 2 is 1.92 bits per heavy atom. The summed E-state index contributed by atoms with van der Waals surface area (Å²) >= 11 is 0. The van der Waals surface area contributed by atoms with Gasteiger partial charge in [-0.1, -0.05) is 6.07 Å². The molecule has 1 saturated heterocycles. The van der Waals surface area contributed by atoms with E-state index in [1.165, 1.54) is 4.57 Å². The molecule has 0 atom stereocenters. The zero-order valence-electron chi connectivity index (χ0n) is 22.9. The summed E-state index contributed by atoms with van der Waals surface area (Å²) < 4.78 is 18.5. The van der Waals surface area contributed by atoms with Gasteiger partial charge in [0.1, 0.15) is 28.5 Å². The number of aryl methyl sites for hydroxylation is 2. The summed E-state index contributed by atoms with van der Waals surface area (Å²) in [6, 6.07) is 13.4. The molecule has 0 N–H and O–H groups in total. The second kappa shape index (κ2) is 10.1. The Morgan fingerprint density at radius 3 is 2.62 bits per heavy atom. The average Bonchev–Trinajstić information content (AvgIpc) is 3.32. The molecule has 0 spiro atoms. The van der Waals surface area contributed by atoms with Gasteiger partial charge in [0.25, 0.3) is 5.56 Å². The first-order valence-electron chi connectivity index (χ1n) is 13.1. The highest BCUT2D eigenvalue weighted by molar-refractivity contribution is 5.95. The number of hydrogen-bond acceptors (Lipinski definition) is 8. The number of benzene rings is 2. The number of esters is 1. The molecule has 39 heavy (non-hydrogen) atoms. The fourth-order valence-corrected chi connectivity index (χ4v) is 5.11. The van der Waals surface area contributed by atoms with E-state index in [-0.39, 0.29) is 23.6 Å². The van der Waals surface area contributed by atoms with E-state index >= 15 is 0 Å². The summed E-state index contributed by atoms with van der Waals surface area (Å²) in [5, 5.41) is 10.7. The summed E-state index contributed by atoms with van der Waals surface area (Å²) in [4.78, 5) is 32.1. The van der Waals surface area contributed by atoms with E-state index in [1.54, 1.807) is 40.0 Å². The maximum atomic E-state index is 13.2. The molecule has 4 aromatic rings. The largest absolute Gasteiger partial charge is 0.482 e. The van der Waals surface area contributed by atoms with Crippen LogP contribution in [0, 0.1) is 18.3 Å². The molecule has 202 valence electrons. The lowest BCUT2D eigenvalue weighted by atomic mass is 9.95. The molecule has 0 saturated carbocycles. The van der Waals surface area contributed by atoms with Crippen LogP contribution in [-0.4, -0.2) is 40.8 Å². The molecule has 9 heteroatoms. The van der Waals surface area contributed by atoms with E-state index in [0.717, 1.165) is 40.8 Å². The van der Waals surface area contributed by atoms with Crippen LogP contribution in [0.3, 0.4) is 0 Å². The standard InChI is InChI=1S/C30H32N4O5/c1-18-6-9-25-23(14-18)32-28(38-25)19-10-12-34(13-11-19)27-21-8-7-20(37-17-26(35)39-30(2,3)4)15-24(21)33(5)29(36)22(27)16-31/h6-9,14-15,19H,10-13,17H2,1-5H3. The van der Waals surface area contributed by atoms with Gasteiger partial charge in [-0.05, 0) is 70.4 Å². The maximum absolute atomic E-state index is 13.2. The number of nitriles is 1. The van der Waals surface area contributed by atoms with E-state index < -0.39 is 11.6 Å². The number of hydrogen-bond donors (Lipinski definition) is 0. The van der Waals surface area contributed by atoms with Crippen molar-refractivity contribution in [3.63, 3.8) is 0 Å². The molecule has 2 aromatic carbocycles. The second-order valence-corrected chi connectivity index (χ2v) is 11.0. The van der Waals surface area contributed by atoms with Gasteiger partial charge in [-0.2, -0.15) is 5.26 Å². The van der Waals surface area contributed by atoms with Crippen molar-refractivity contribution in [1.82, 2.24) is 9.55 Å². The molecule has 5 rings (SSSR count). The predicted octanol–water partition coefficient (Wildman–Crippen LogP) is 4.96. The number of ether oxygens (including phenoxy) is 2. The molecular weight excluding hydrogens is 496 g/mol. The first kappa shape index (κ1) is 26.3. The van der Waals surface area contributed by atoms with Crippen molar-refractivity contribution in [1.29, 1.82) is 5.26 Å². The normalized spacial score (nSPS) is 14.5. The van der Waals surface area contributed by atoms with Crippen molar-refractivity contribution in [3.05, 3.63) is 63.8 Å². The fraction of sp³-hybridized carbons (Fsp3) is 0.400. The quantitative estimate of drug-likeness (QED) is 0.334. The molecule has 1 aliphatic heterocycles. The number of aromatic nitrogens is 2. The Kier molecular flexibility index (Phi) is 6.81. The van der Waals surface area contributed by atoms with Gasteiger partial charge in [-0.25, -0.2) is 9.78 Å². The van der Waals surface area contributed by atoms with E-state index in [1.807, 2.05) is 31.2 Å². The van der Waals surface area contributed by atoms with Crippen molar-refractivity contribution in [3.8, 4) is 11.8 Å². The molecule has 2 aromatic heterocycles. The third-order valence-electron chi connectivity index (χ3n) is 6.95. The molecule has 0 aliphatic carbocycles. The number of pyridine rings is 1. The summed E-state index contributed by atoms with van der Waals surface area (Å²) in [7, 11) is 1.63. The Balaban J connectivity index is 1.40. The van der Waals surface area contributed by atoms with Gasteiger partial charge in [0.2, 0.25) is 0 Å². The van der Waals surface area contributed by atoms with Crippen LogP contribution < -0.4 is 15.2 Å². The molecule has 3 heterocycles. The average molecular weight is 529 g/mol. The molecule has 0 amide bonds. The minimum Gasteiger partial charge on any atom is -0.482 e. The number of fused-ring (bicyclic) bond motifs is 2. The van der Waals surface area contributed by atoms with E-state index in [2.05, 4.69) is 11.0 Å². The molecule has 0 bridgehead atoms. The zero-order chi connectivity index (χ0) is 27.9. The molecule has 0 radical (unpaired) electrons. The zero-order valence-corrected chi connectivity index (χ0v) is 22.9. The Labute approximate surface area is 226 Å². The van der Waals surface area contributed by atoms with E-state index in [9.17, 15) is 14.9 Å². The van der Waals surface area contributed by atoms with Crippen LogP contribution in [-0.2, 0) is 16.6 Å². The first-order valence-corrected chi connectivity index (χ1v) is 13.1. The topological polar surface area (TPSA) is 111 Å². The molecule has 0 unspecified atom stereocenters. The maximum Gasteiger partial charge on any atom is 0.344 e. The van der Waals surface area contributed by atoms with Crippen LogP contribution in [0.15, 0.2) is 45.6 Å². The highest BCUT2D eigenvalue weighted by atomic mass is 16.6. The third-order valence-corrected chi connectivity index (χ3v) is 6.95.